The molecule has 2 aromatic carbocycles. The second kappa shape index (κ2) is 5.10. The summed E-state index contributed by atoms with van der Waals surface area (Å²) in [6.45, 7) is 0. The van der Waals surface area contributed by atoms with Gasteiger partial charge in [-0.1, -0.05) is 11.6 Å². The number of nitrogens with two attached hydrogens (primary N) is 1. The Morgan fingerprint density at radius 2 is 1.83 bits per heavy atom. The average molecular weight is 262 g/mol. The predicted octanol–water partition coefficient (Wildman–Crippen LogP) is 3.16. The first-order chi connectivity index (χ1) is 8.61. The highest BCUT2D eigenvalue weighted by Crippen LogP contribution is 2.24. The fraction of sp³-hybridized carbons (Fsp3) is 0.0714. The van der Waals surface area contributed by atoms with Crippen molar-refractivity contribution in [3.05, 3.63) is 58.6 Å². The number of methoxy groups -OCH3 is 1. The molecule has 92 valence electrons. The van der Waals surface area contributed by atoms with Crippen LogP contribution in [0.1, 0.15) is 15.9 Å². The van der Waals surface area contributed by atoms with Crippen LogP contribution in [0.25, 0.3) is 0 Å². The molecule has 2 aromatic rings. The number of ether oxygens (including phenoxy) is 1. The summed E-state index contributed by atoms with van der Waals surface area (Å²) in [7, 11) is 1.52. The average Bonchev–Trinajstić information content (AvgIpc) is 2.39. The van der Waals surface area contributed by atoms with Crippen molar-refractivity contribution >= 4 is 23.1 Å². The maximum Gasteiger partial charge on any atom is 0.196 e. The fourth-order valence-electron chi connectivity index (χ4n) is 1.66. The first kappa shape index (κ1) is 12.5. The van der Waals surface area contributed by atoms with Crippen molar-refractivity contribution < 1.29 is 9.53 Å². The minimum Gasteiger partial charge on any atom is -0.496 e. The van der Waals surface area contributed by atoms with Crippen LogP contribution >= 0.6 is 11.6 Å². The third-order valence-corrected chi connectivity index (χ3v) is 2.83. The van der Waals surface area contributed by atoms with Crippen molar-refractivity contribution in [2.75, 3.05) is 12.8 Å². The van der Waals surface area contributed by atoms with Gasteiger partial charge in [-0.05, 0) is 42.5 Å². The highest BCUT2D eigenvalue weighted by molar-refractivity contribution is 6.30. The molecule has 0 aromatic heterocycles. The van der Waals surface area contributed by atoms with E-state index in [1.54, 1.807) is 42.5 Å². The highest BCUT2D eigenvalue weighted by atomic mass is 35.5. The van der Waals surface area contributed by atoms with Gasteiger partial charge < -0.3 is 10.5 Å². The molecule has 0 aliphatic heterocycles. The van der Waals surface area contributed by atoms with Crippen molar-refractivity contribution in [3.8, 4) is 5.75 Å². The Morgan fingerprint density at radius 3 is 2.44 bits per heavy atom. The highest BCUT2D eigenvalue weighted by Gasteiger charge is 2.14. The lowest BCUT2D eigenvalue weighted by Gasteiger charge is -2.08. The van der Waals surface area contributed by atoms with E-state index < -0.39 is 0 Å². The summed E-state index contributed by atoms with van der Waals surface area (Å²) in [6, 6.07) is 11.7. The van der Waals surface area contributed by atoms with Gasteiger partial charge in [-0.25, -0.2) is 0 Å². The number of ketones is 1. The van der Waals surface area contributed by atoms with Crippen LogP contribution in [0.3, 0.4) is 0 Å². The standard InChI is InChI=1S/C14H12ClNO2/c1-18-13-7-6-11(16)8-12(13)14(17)9-2-4-10(15)5-3-9/h2-8H,16H2,1H3. The summed E-state index contributed by atoms with van der Waals surface area (Å²) >= 11 is 5.79. The third kappa shape index (κ3) is 2.46. The Hall–Kier alpha value is -2.00. The first-order valence-corrected chi connectivity index (χ1v) is 5.73. The van der Waals surface area contributed by atoms with E-state index >= 15 is 0 Å². The Kier molecular flexibility index (Phi) is 3.53. The van der Waals surface area contributed by atoms with Crippen LogP contribution in [0, 0.1) is 0 Å². The van der Waals surface area contributed by atoms with E-state index in [2.05, 4.69) is 0 Å². The molecule has 0 aliphatic carbocycles. The summed E-state index contributed by atoms with van der Waals surface area (Å²) in [5, 5.41) is 0.589. The smallest absolute Gasteiger partial charge is 0.196 e. The normalized spacial score (nSPS) is 10.1. The van der Waals surface area contributed by atoms with E-state index in [0.717, 1.165) is 0 Å². The molecule has 0 saturated heterocycles. The zero-order valence-electron chi connectivity index (χ0n) is 9.81. The van der Waals surface area contributed by atoms with Crippen molar-refractivity contribution in [1.29, 1.82) is 0 Å². The molecule has 2 N–H and O–H groups in total. The van der Waals surface area contributed by atoms with Gasteiger partial charge in [-0.15, -0.1) is 0 Å². The van der Waals surface area contributed by atoms with E-state index in [4.69, 9.17) is 22.1 Å². The summed E-state index contributed by atoms with van der Waals surface area (Å²) in [6.07, 6.45) is 0. The van der Waals surface area contributed by atoms with E-state index in [0.29, 0.717) is 27.6 Å². The zero-order chi connectivity index (χ0) is 13.1. The van der Waals surface area contributed by atoms with Gasteiger partial charge >= 0.3 is 0 Å². The van der Waals surface area contributed by atoms with E-state index in [1.807, 2.05) is 0 Å². The van der Waals surface area contributed by atoms with Gasteiger partial charge in [0, 0.05) is 16.3 Å². The SMILES string of the molecule is COc1ccc(N)cc1C(=O)c1ccc(Cl)cc1. The predicted molar refractivity (Wildman–Crippen MR) is 72.3 cm³/mol. The molecule has 18 heavy (non-hydrogen) atoms. The molecule has 0 unspecified atom stereocenters. The number of halogens is 1. The molecule has 0 spiro atoms. The van der Waals surface area contributed by atoms with Gasteiger partial charge in [0.15, 0.2) is 5.78 Å². The fourth-order valence-corrected chi connectivity index (χ4v) is 1.79. The Labute approximate surface area is 110 Å². The lowest BCUT2D eigenvalue weighted by atomic mass is 10.0. The van der Waals surface area contributed by atoms with Crippen molar-refractivity contribution in [3.63, 3.8) is 0 Å². The maximum atomic E-state index is 12.3. The summed E-state index contributed by atoms with van der Waals surface area (Å²) in [4.78, 5) is 12.3. The van der Waals surface area contributed by atoms with Gasteiger partial charge in [-0.3, -0.25) is 4.79 Å². The number of rotatable bonds is 3. The van der Waals surface area contributed by atoms with Crippen LogP contribution in [0.5, 0.6) is 5.75 Å². The Balaban J connectivity index is 2.45. The molecule has 0 aliphatic rings. The third-order valence-electron chi connectivity index (χ3n) is 2.57. The van der Waals surface area contributed by atoms with Gasteiger partial charge in [0.1, 0.15) is 5.75 Å². The number of carbonyl (C=O) groups excluding carboxylic acids is 1. The lowest BCUT2D eigenvalue weighted by molar-refractivity contribution is 0.103. The Bertz CT molecular complexity index is 579. The summed E-state index contributed by atoms with van der Waals surface area (Å²) in [5.74, 6) is 0.361. The summed E-state index contributed by atoms with van der Waals surface area (Å²) < 4.78 is 5.16. The van der Waals surface area contributed by atoms with E-state index in [9.17, 15) is 4.79 Å². The molecular weight excluding hydrogens is 250 g/mol. The van der Waals surface area contributed by atoms with E-state index in [1.165, 1.54) is 7.11 Å². The largest absolute Gasteiger partial charge is 0.496 e. The minimum absolute atomic E-state index is 0.143. The number of hydrogen-bond donors (Lipinski definition) is 1. The van der Waals surface area contributed by atoms with Crippen LogP contribution < -0.4 is 10.5 Å². The first-order valence-electron chi connectivity index (χ1n) is 5.35. The summed E-state index contributed by atoms with van der Waals surface area (Å²) in [5.41, 5.74) is 7.20. The Morgan fingerprint density at radius 1 is 1.17 bits per heavy atom. The number of carbonyl (C=O) groups is 1. The van der Waals surface area contributed by atoms with Crippen LogP contribution in [-0.4, -0.2) is 12.9 Å². The van der Waals surface area contributed by atoms with Crippen molar-refractivity contribution in [2.24, 2.45) is 0 Å². The molecule has 0 amide bonds. The monoisotopic (exact) mass is 261 g/mol. The molecule has 2 rings (SSSR count). The zero-order valence-corrected chi connectivity index (χ0v) is 10.6. The number of hydrogen-bond acceptors (Lipinski definition) is 3. The lowest BCUT2D eigenvalue weighted by Crippen LogP contribution is -2.04. The van der Waals surface area contributed by atoms with Gasteiger partial charge in [0.05, 0.1) is 12.7 Å². The molecular formula is C14H12ClNO2. The number of nitrogen functional groups attached to an aromatic ring is 1. The molecule has 0 atom stereocenters. The molecule has 0 heterocycles. The van der Waals surface area contributed by atoms with Crippen molar-refractivity contribution in [2.45, 2.75) is 0 Å². The second-order valence-corrected chi connectivity index (χ2v) is 4.23. The number of benzene rings is 2. The molecule has 0 saturated carbocycles. The van der Waals surface area contributed by atoms with Crippen molar-refractivity contribution in [1.82, 2.24) is 0 Å². The van der Waals surface area contributed by atoms with Gasteiger partial charge in [0.2, 0.25) is 0 Å². The minimum atomic E-state index is -0.143. The molecule has 0 fully saturated rings. The van der Waals surface area contributed by atoms with Crippen LogP contribution in [-0.2, 0) is 0 Å². The molecule has 0 bridgehead atoms. The van der Waals surface area contributed by atoms with Gasteiger partial charge in [-0.2, -0.15) is 0 Å². The topological polar surface area (TPSA) is 52.3 Å². The van der Waals surface area contributed by atoms with Crippen LogP contribution in [0.4, 0.5) is 5.69 Å². The van der Waals surface area contributed by atoms with Crippen LogP contribution in [0.2, 0.25) is 5.02 Å². The maximum absolute atomic E-state index is 12.3. The van der Waals surface area contributed by atoms with Crippen LogP contribution in [0.15, 0.2) is 42.5 Å². The van der Waals surface area contributed by atoms with E-state index in [-0.39, 0.29) is 5.78 Å². The number of anilines is 1. The second-order valence-electron chi connectivity index (χ2n) is 3.80. The van der Waals surface area contributed by atoms with Gasteiger partial charge in [0.25, 0.3) is 0 Å². The molecule has 4 heteroatoms. The molecule has 3 nitrogen and oxygen atoms in total. The molecule has 0 radical (unpaired) electrons. The quantitative estimate of drug-likeness (QED) is 0.682.